The van der Waals surface area contributed by atoms with Crippen molar-refractivity contribution in [1.29, 1.82) is 0 Å². The minimum Gasteiger partial charge on any atom is -0.469 e. The van der Waals surface area contributed by atoms with Crippen LogP contribution in [0.15, 0.2) is 200 Å². The van der Waals surface area contributed by atoms with E-state index in [1.54, 1.807) is 0 Å². The van der Waals surface area contributed by atoms with Crippen LogP contribution in [0.3, 0.4) is 0 Å². The third-order valence-electron chi connectivity index (χ3n) is 17.6. The molecule has 0 N–H and O–H groups in total. The van der Waals surface area contributed by atoms with Crippen LogP contribution in [0.2, 0.25) is 0 Å². The van der Waals surface area contributed by atoms with Crippen molar-refractivity contribution in [1.82, 2.24) is 15.0 Å². The van der Waals surface area contributed by atoms with E-state index < -0.39 is 16.2 Å². The number of ether oxygens (including phenoxy) is 1. The monoisotopic (exact) mass is 953 g/mol. The number of benzene rings is 9. The fourth-order valence-electron chi connectivity index (χ4n) is 14.6. The Hall–Kier alpha value is -8.54. The minimum atomic E-state index is -0.737. The zero-order valence-electron chi connectivity index (χ0n) is 41.5. The van der Waals surface area contributed by atoms with Gasteiger partial charge in [-0.25, -0.2) is 15.0 Å². The second-order valence-corrected chi connectivity index (χ2v) is 21.3. The van der Waals surface area contributed by atoms with Gasteiger partial charge in [0.05, 0.1) is 40.7 Å². The standard InChI is InChI=1S/C69H51N3O2/c1-3-35-67(51-31-28-42-16-4-10-22-48(42)61(51)64-54(67)37-45-19-7-13-25-57(45)70-64)40-69(53-33-30-44-18-6-12-24-50(44)63(53)66-56(69)39-47-21-9-15-27-59(47)72-66)41-68(36-34-60(73)74-2)52-32-29-43-17-5-11-23-49(43)62(52)65-55(68)38-46-20-8-14-26-58(46)71-65/h4-33,37-39H,3,34-36,40-41H2,1-2H3/t67-,68+,69-/m1/s1. The third-order valence-corrected chi connectivity index (χ3v) is 17.6. The molecule has 0 unspecified atom stereocenters. The van der Waals surface area contributed by atoms with Crippen molar-refractivity contribution in [3.8, 4) is 33.8 Å². The van der Waals surface area contributed by atoms with Crippen molar-refractivity contribution in [2.75, 3.05) is 7.11 Å². The lowest BCUT2D eigenvalue weighted by atomic mass is 9.54. The number of fused-ring (bicyclic) bond motifs is 18. The fourth-order valence-corrected chi connectivity index (χ4v) is 14.6. The highest BCUT2D eigenvalue weighted by molar-refractivity contribution is 6.07. The molecule has 9 aromatic carbocycles. The Labute approximate surface area is 429 Å². The zero-order chi connectivity index (χ0) is 49.3. The van der Waals surface area contributed by atoms with Crippen molar-refractivity contribution in [3.05, 3.63) is 234 Å². The van der Waals surface area contributed by atoms with Gasteiger partial charge in [0.2, 0.25) is 0 Å². The SMILES string of the molecule is CCC[C@]1(C[C@]2(C[C@]3(CCC(=O)OC)c4cc5ccccc5nc4-c4c3ccc3ccccc43)c3cc4ccccc4nc3-c3c2ccc2ccccc32)c2cc3ccccc3nc2-c2c1ccc1ccccc21. The molecule has 0 fully saturated rings. The quantitative estimate of drug-likeness (QED) is 0.135. The van der Waals surface area contributed by atoms with Crippen molar-refractivity contribution in [2.24, 2.45) is 0 Å². The highest BCUT2D eigenvalue weighted by Gasteiger charge is 2.59. The Kier molecular flexibility index (Phi) is 9.30. The lowest BCUT2D eigenvalue weighted by Crippen LogP contribution is -2.43. The number of methoxy groups -OCH3 is 1. The summed E-state index contributed by atoms with van der Waals surface area (Å²) in [6, 6.07) is 73.9. The largest absolute Gasteiger partial charge is 0.469 e. The predicted octanol–water partition coefficient (Wildman–Crippen LogP) is 16.5. The molecule has 354 valence electrons. The van der Waals surface area contributed by atoms with Crippen LogP contribution in [0.1, 0.15) is 78.8 Å². The maximum absolute atomic E-state index is 14.0. The van der Waals surface area contributed by atoms with Gasteiger partial charge in [0.1, 0.15) is 0 Å². The Bertz CT molecular complexity index is 4390. The Balaban J connectivity index is 1.12. The lowest BCUT2D eigenvalue weighted by molar-refractivity contribution is -0.141. The van der Waals surface area contributed by atoms with E-state index in [0.29, 0.717) is 12.8 Å². The smallest absolute Gasteiger partial charge is 0.305 e. The number of hydrogen-bond donors (Lipinski definition) is 0. The number of rotatable bonds is 9. The molecule has 0 saturated carbocycles. The van der Waals surface area contributed by atoms with Crippen LogP contribution in [0.25, 0.3) is 98.8 Å². The molecule has 0 radical (unpaired) electrons. The summed E-state index contributed by atoms with van der Waals surface area (Å²) in [7, 11) is 1.52. The number of nitrogens with zero attached hydrogens (tertiary/aromatic N) is 3. The summed E-state index contributed by atoms with van der Waals surface area (Å²) in [6.07, 6.45) is 3.95. The summed E-state index contributed by atoms with van der Waals surface area (Å²) in [5.74, 6) is -0.222. The number of carbonyl (C=O) groups excluding carboxylic acids is 1. The molecule has 0 saturated heterocycles. The summed E-state index contributed by atoms with van der Waals surface area (Å²) in [4.78, 5) is 31.2. The first-order chi connectivity index (χ1) is 36.4. The topological polar surface area (TPSA) is 65.0 Å². The summed E-state index contributed by atoms with van der Waals surface area (Å²) >= 11 is 0. The van der Waals surface area contributed by atoms with Gasteiger partial charge in [-0.15, -0.1) is 0 Å². The number of esters is 1. The minimum absolute atomic E-state index is 0.222. The summed E-state index contributed by atoms with van der Waals surface area (Å²) in [6.45, 7) is 2.35. The van der Waals surface area contributed by atoms with Crippen LogP contribution < -0.4 is 0 Å². The van der Waals surface area contributed by atoms with Crippen molar-refractivity contribution < 1.29 is 9.53 Å². The van der Waals surface area contributed by atoms with Crippen molar-refractivity contribution in [2.45, 2.75) is 61.7 Å². The number of hydrogen-bond acceptors (Lipinski definition) is 5. The van der Waals surface area contributed by atoms with Gasteiger partial charge in [0.25, 0.3) is 0 Å². The molecular weight excluding hydrogens is 903 g/mol. The Morgan fingerprint density at radius 1 is 0.392 bits per heavy atom. The van der Waals surface area contributed by atoms with Crippen LogP contribution in [-0.4, -0.2) is 28.0 Å². The highest BCUT2D eigenvalue weighted by Crippen LogP contribution is 2.68. The van der Waals surface area contributed by atoms with E-state index in [-0.39, 0.29) is 12.4 Å². The molecule has 3 aromatic heterocycles. The molecular formula is C69H51N3O2. The van der Waals surface area contributed by atoms with Crippen LogP contribution in [-0.2, 0) is 25.8 Å². The fraction of sp³-hybridized carbons (Fsp3) is 0.159. The van der Waals surface area contributed by atoms with E-state index in [0.717, 1.165) is 85.6 Å². The molecule has 5 nitrogen and oxygen atoms in total. The zero-order valence-corrected chi connectivity index (χ0v) is 41.5. The second kappa shape index (κ2) is 16.0. The van der Waals surface area contributed by atoms with Gasteiger partial charge < -0.3 is 4.74 Å². The van der Waals surface area contributed by atoms with Crippen molar-refractivity contribution >= 4 is 71.0 Å². The highest BCUT2D eigenvalue weighted by atomic mass is 16.5. The summed E-state index contributed by atoms with van der Waals surface area (Å²) < 4.78 is 5.61. The van der Waals surface area contributed by atoms with E-state index in [1.807, 2.05) is 0 Å². The predicted molar refractivity (Wildman–Crippen MR) is 302 cm³/mol. The van der Waals surface area contributed by atoms with Gasteiger partial charge in [0, 0.05) is 55.5 Å². The van der Waals surface area contributed by atoms with Gasteiger partial charge in [-0.1, -0.05) is 177 Å². The van der Waals surface area contributed by atoms with Gasteiger partial charge in [-0.3, -0.25) is 4.79 Å². The Morgan fingerprint density at radius 3 is 1.12 bits per heavy atom. The molecule has 15 rings (SSSR count). The first-order valence-corrected chi connectivity index (χ1v) is 26.3. The van der Waals surface area contributed by atoms with E-state index >= 15 is 0 Å². The number of carbonyl (C=O) groups is 1. The van der Waals surface area contributed by atoms with E-state index in [4.69, 9.17) is 19.7 Å². The van der Waals surface area contributed by atoms with Gasteiger partial charge in [-0.2, -0.15) is 0 Å². The molecule has 74 heavy (non-hydrogen) atoms. The maximum Gasteiger partial charge on any atom is 0.305 e. The maximum atomic E-state index is 14.0. The molecule has 0 spiro atoms. The van der Waals surface area contributed by atoms with Crippen LogP contribution in [0.5, 0.6) is 0 Å². The van der Waals surface area contributed by atoms with Crippen molar-refractivity contribution in [3.63, 3.8) is 0 Å². The lowest BCUT2D eigenvalue weighted by Gasteiger charge is -2.47. The van der Waals surface area contributed by atoms with Crippen LogP contribution in [0.4, 0.5) is 0 Å². The average Bonchev–Trinajstić information content (AvgIpc) is 4.05. The van der Waals surface area contributed by atoms with Gasteiger partial charge >= 0.3 is 5.97 Å². The van der Waals surface area contributed by atoms with E-state index in [2.05, 4.69) is 207 Å². The van der Waals surface area contributed by atoms with Gasteiger partial charge in [0.15, 0.2) is 0 Å². The average molecular weight is 954 g/mol. The molecule has 3 aliphatic carbocycles. The van der Waals surface area contributed by atoms with Crippen LogP contribution >= 0.6 is 0 Å². The number of para-hydroxylation sites is 3. The number of pyridine rings is 3. The number of aromatic nitrogens is 3. The van der Waals surface area contributed by atoms with E-state index in [9.17, 15) is 4.79 Å². The molecule has 12 aromatic rings. The second-order valence-electron chi connectivity index (χ2n) is 21.3. The summed E-state index contributed by atoms with van der Waals surface area (Å²) in [5.41, 5.74) is 15.1. The first-order valence-electron chi connectivity index (χ1n) is 26.3. The third kappa shape index (κ3) is 5.92. The normalized spacial score (nSPS) is 18.9. The summed E-state index contributed by atoms with van der Waals surface area (Å²) in [5, 5.41) is 10.5. The molecule has 3 atom stereocenters. The molecule has 0 amide bonds. The Morgan fingerprint density at radius 2 is 0.730 bits per heavy atom. The van der Waals surface area contributed by atoms with Crippen LogP contribution in [0, 0.1) is 0 Å². The molecule has 3 heterocycles. The molecule has 0 aliphatic heterocycles. The van der Waals surface area contributed by atoms with Gasteiger partial charge in [-0.05, 0) is 128 Å². The molecule has 3 aliphatic rings. The molecule has 0 bridgehead atoms. The van der Waals surface area contributed by atoms with E-state index in [1.165, 1.54) is 73.0 Å². The first kappa shape index (κ1) is 43.1. The molecule has 5 heteroatoms.